The van der Waals surface area contributed by atoms with Gasteiger partial charge in [-0.1, -0.05) is 30.3 Å². The SMILES string of the molecule is COC[C@@H](NC[C@H](NC(=O)OCc1ccccc1)C1(C#N)CC1)c1cnn2cc([C@@H](NC(=O)OC(C)(C)C)C3CCC(F)(F)CC3)nc2c1. The summed E-state index contributed by atoms with van der Waals surface area (Å²) in [5.41, 5.74) is 1.14. The number of rotatable bonds is 13. The van der Waals surface area contributed by atoms with Gasteiger partial charge in [-0.3, -0.25) is 0 Å². The molecule has 0 bridgehead atoms. The highest BCUT2D eigenvalue weighted by atomic mass is 19.3. The number of methoxy groups -OCH3 is 1. The van der Waals surface area contributed by atoms with E-state index in [2.05, 4.69) is 27.1 Å². The monoisotopic (exact) mass is 681 g/mol. The number of carbonyl (C=O) groups excluding carboxylic acids is 2. The quantitative estimate of drug-likeness (QED) is 0.197. The van der Waals surface area contributed by atoms with Crippen molar-refractivity contribution in [3.8, 4) is 6.07 Å². The first-order valence-corrected chi connectivity index (χ1v) is 16.6. The maximum atomic E-state index is 14.0. The van der Waals surface area contributed by atoms with Crippen molar-refractivity contribution in [3.05, 3.63) is 65.6 Å². The molecule has 2 saturated carbocycles. The maximum absolute atomic E-state index is 14.0. The molecule has 3 aromatic rings. The molecule has 2 aromatic heterocycles. The summed E-state index contributed by atoms with van der Waals surface area (Å²) in [7, 11) is 1.57. The van der Waals surface area contributed by atoms with E-state index in [4.69, 9.17) is 19.2 Å². The largest absolute Gasteiger partial charge is 0.445 e. The first-order valence-electron chi connectivity index (χ1n) is 16.6. The van der Waals surface area contributed by atoms with Crippen LogP contribution in [0.2, 0.25) is 0 Å². The molecule has 49 heavy (non-hydrogen) atoms. The fourth-order valence-corrected chi connectivity index (χ4v) is 6.18. The second kappa shape index (κ2) is 15.0. The van der Waals surface area contributed by atoms with Gasteiger partial charge in [0.25, 0.3) is 0 Å². The molecule has 0 saturated heterocycles. The molecule has 12 nitrogen and oxygen atoms in total. The van der Waals surface area contributed by atoms with Crippen LogP contribution in [0.15, 0.2) is 48.8 Å². The molecular formula is C35H45F2N7O5. The zero-order chi connectivity index (χ0) is 35.2. The number of imidazole rings is 1. The van der Waals surface area contributed by atoms with Crippen LogP contribution in [-0.4, -0.2) is 64.6 Å². The standard InChI is InChI=1S/C35H45F2N7O5/c1-33(2,3)49-32(46)43-30(24-10-12-35(36,37)13-11-24)26-19-44-29(41-26)16-25(17-40-44)27(21-47-4)39-18-28(34(22-38)14-15-34)42-31(45)48-20-23-8-6-5-7-9-23/h5-9,16-17,19,24,27-28,30,39H,10-15,18,20-21H2,1-4H3,(H,42,45)(H,43,46)/t27-,28+,30+/m1/s1. The summed E-state index contributed by atoms with van der Waals surface area (Å²) < 4.78 is 46.1. The molecule has 0 spiro atoms. The minimum atomic E-state index is -2.73. The lowest BCUT2D eigenvalue weighted by atomic mass is 9.81. The van der Waals surface area contributed by atoms with Gasteiger partial charge in [-0.15, -0.1) is 0 Å². The van der Waals surface area contributed by atoms with E-state index in [1.807, 2.05) is 36.4 Å². The number of nitrogens with one attached hydrogen (secondary N) is 3. The Labute approximate surface area is 284 Å². The molecular weight excluding hydrogens is 636 g/mol. The number of hydrogen-bond donors (Lipinski definition) is 3. The van der Waals surface area contributed by atoms with Crippen molar-refractivity contribution in [1.82, 2.24) is 30.5 Å². The molecule has 0 aliphatic heterocycles. The minimum Gasteiger partial charge on any atom is -0.445 e. The number of fused-ring (bicyclic) bond motifs is 1. The van der Waals surface area contributed by atoms with Gasteiger partial charge in [0.1, 0.15) is 12.2 Å². The lowest BCUT2D eigenvalue weighted by Gasteiger charge is -2.33. The van der Waals surface area contributed by atoms with Crippen molar-refractivity contribution in [3.63, 3.8) is 0 Å². The van der Waals surface area contributed by atoms with Gasteiger partial charge in [0.15, 0.2) is 5.65 Å². The predicted molar refractivity (Wildman–Crippen MR) is 175 cm³/mol. The Bertz CT molecular complexity index is 1620. The predicted octanol–water partition coefficient (Wildman–Crippen LogP) is 6.00. The molecule has 14 heteroatoms. The van der Waals surface area contributed by atoms with E-state index in [9.17, 15) is 23.6 Å². The van der Waals surface area contributed by atoms with Crippen molar-refractivity contribution in [2.45, 2.75) is 95.6 Å². The number of nitriles is 1. The Morgan fingerprint density at radius 3 is 2.45 bits per heavy atom. The Kier molecular flexibility index (Phi) is 11.0. The van der Waals surface area contributed by atoms with E-state index < -0.39 is 41.2 Å². The first kappa shape index (κ1) is 35.9. The Hall–Kier alpha value is -4.35. The summed E-state index contributed by atoms with van der Waals surface area (Å²) in [5, 5.41) is 23.7. The molecule has 264 valence electrons. The smallest absolute Gasteiger partial charge is 0.408 e. The Balaban J connectivity index is 1.31. The average Bonchev–Trinajstić information content (AvgIpc) is 3.74. The van der Waals surface area contributed by atoms with Crippen molar-refractivity contribution in [1.29, 1.82) is 5.26 Å². The molecule has 2 aliphatic carbocycles. The van der Waals surface area contributed by atoms with E-state index in [0.717, 1.165) is 11.1 Å². The fourth-order valence-electron chi connectivity index (χ4n) is 6.18. The number of nitrogens with zero attached hydrogens (tertiary/aromatic N) is 4. The Morgan fingerprint density at radius 2 is 1.82 bits per heavy atom. The molecule has 2 aliphatic rings. The number of carbonyl (C=O) groups is 2. The van der Waals surface area contributed by atoms with Crippen LogP contribution < -0.4 is 16.0 Å². The summed E-state index contributed by atoms with van der Waals surface area (Å²) in [4.78, 5) is 30.4. The van der Waals surface area contributed by atoms with Crippen molar-refractivity contribution in [2.24, 2.45) is 11.3 Å². The minimum absolute atomic E-state index is 0.109. The van der Waals surface area contributed by atoms with Gasteiger partial charge in [-0.05, 0) is 69.6 Å². The van der Waals surface area contributed by atoms with Gasteiger partial charge in [0.05, 0.1) is 54.3 Å². The summed E-state index contributed by atoms with van der Waals surface area (Å²) >= 11 is 0. The van der Waals surface area contributed by atoms with Crippen molar-refractivity contribution in [2.75, 3.05) is 20.3 Å². The number of alkyl carbamates (subject to hydrolysis) is 2. The Morgan fingerprint density at radius 1 is 1.10 bits per heavy atom. The number of aromatic nitrogens is 3. The molecule has 3 N–H and O–H groups in total. The second-order valence-corrected chi connectivity index (χ2v) is 14.0. The topological polar surface area (TPSA) is 152 Å². The molecule has 5 rings (SSSR count). The van der Waals surface area contributed by atoms with Gasteiger partial charge in [-0.2, -0.15) is 10.4 Å². The zero-order valence-electron chi connectivity index (χ0n) is 28.4. The van der Waals surface area contributed by atoms with E-state index in [0.29, 0.717) is 24.2 Å². The van der Waals surface area contributed by atoms with Gasteiger partial charge < -0.3 is 30.2 Å². The molecule has 2 fully saturated rings. The van der Waals surface area contributed by atoms with E-state index in [1.54, 1.807) is 44.8 Å². The molecule has 3 atom stereocenters. The highest BCUT2D eigenvalue weighted by Gasteiger charge is 2.51. The van der Waals surface area contributed by atoms with Gasteiger partial charge >= 0.3 is 12.2 Å². The summed E-state index contributed by atoms with van der Waals surface area (Å²) in [6.07, 6.45) is 3.33. The highest BCUT2D eigenvalue weighted by molar-refractivity contribution is 5.68. The molecule has 0 radical (unpaired) electrons. The van der Waals surface area contributed by atoms with Crippen LogP contribution in [0.1, 0.15) is 88.2 Å². The summed E-state index contributed by atoms with van der Waals surface area (Å²) in [5.74, 6) is -2.99. The summed E-state index contributed by atoms with van der Waals surface area (Å²) in [6, 6.07) is 12.0. The number of ether oxygens (including phenoxy) is 3. The zero-order valence-corrected chi connectivity index (χ0v) is 28.4. The summed E-state index contributed by atoms with van der Waals surface area (Å²) in [6.45, 7) is 5.90. The number of alkyl halides is 2. The van der Waals surface area contributed by atoms with E-state index >= 15 is 0 Å². The fraction of sp³-hybridized carbons (Fsp3) is 0.571. The first-order chi connectivity index (χ1) is 23.3. The average molecular weight is 682 g/mol. The van der Waals surface area contributed by atoms with Crippen LogP contribution in [0.25, 0.3) is 5.65 Å². The van der Waals surface area contributed by atoms with Crippen LogP contribution >= 0.6 is 0 Å². The van der Waals surface area contributed by atoms with Gasteiger partial charge in [0, 0.05) is 26.5 Å². The third kappa shape index (κ3) is 9.64. The lowest BCUT2D eigenvalue weighted by molar-refractivity contribution is -0.0500. The molecule has 0 unspecified atom stereocenters. The number of hydrogen-bond acceptors (Lipinski definition) is 9. The van der Waals surface area contributed by atoms with Crippen molar-refractivity contribution >= 4 is 17.8 Å². The van der Waals surface area contributed by atoms with Crippen molar-refractivity contribution < 1.29 is 32.6 Å². The van der Waals surface area contributed by atoms with Crippen LogP contribution in [0.3, 0.4) is 0 Å². The van der Waals surface area contributed by atoms with Crippen LogP contribution in [0, 0.1) is 22.7 Å². The van der Waals surface area contributed by atoms with Crippen LogP contribution in [0.4, 0.5) is 18.4 Å². The second-order valence-electron chi connectivity index (χ2n) is 14.0. The molecule has 2 heterocycles. The third-order valence-corrected chi connectivity index (χ3v) is 9.07. The lowest BCUT2D eigenvalue weighted by Crippen LogP contribution is -2.48. The third-order valence-electron chi connectivity index (χ3n) is 9.07. The molecule has 2 amide bonds. The van der Waals surface area contributed by atoms with Crippen LogP contribution in [0.5, 0.6) is 0 Å². The normalized spacial score (nSPS) is 18.9. The van der Waals surface area contributed by atoms with Crippen LogP contribution in [-0.2, 0) is 20.8 Å². The van der Waals surface area contributed by atoms with Gasteiger partial charge in [-0.25, -0.2) is 27.9 Å². The molecule has 1 aromatic carbocycles. The van der Waals surface area contributed by atoms with E-state index in [1.165, 1.54) is 0 Å². The number of benzene rings is 1. The number of amides is 2. The van der Waals surface area contributed by atoms with Gasteiger partial charge in [0.2, 0.25) is 5.92 Å². The van der Waals surface area contributed by atoms with E-state index in [-0.39, 0.29) is 57.4 Å². The highest BCUT2D eigenvalue weighted by Crippen LogP contribution is 2.48. The maximum Gasteiger partial charge on any atom is 0.408 e. The number of halogens is 2.